The highest BCUT2D eigenvalue weighted by molar-refractivity contribution is 5.67. The molecule has 102 valence electrons. The van der Waals surface area contributed by atoms with Gasteiger partial charge in [-0.3, -0.25) is 4.79 Å². The van der Waals surface area contributed by atoms with E-state index in [1.165, 1.54) is 44.9 Å². The molecule has 0 radical (unpaired) electrons. The van der Waals surface area contributed by atoms with Crippen molar-refractivity contribution in [1.29, 1.82) is 0 Å². The molecule has 0 saturated heterocycles. The van der Waals surface area contributed by atoms with E-state index in [1.54, 1.807) is 0 Å². The Morgan fingerprint density at radius 1 is 1.28 bits per heavy atom. The van der Waals surface area contributed by atoms with Crippen molar-refractivity contribution in [2.45, 2.75) is 65.2 Å². The Morgan fingerprint density at radius 3 is 2.39 bits per heavy atom. The highest BCUT2D eigenvalue weighted by atomic mass is 16.4. The first-order chi connectivity index (χ1) is 8.47. The molecule has 4 rings (SSSR count). The summed E-state index contributed by atoms with van der Waals surface area (Å²) in [4.78, 5) is 11.1. The SMILES string of the molecule is CCC12CC3CC(C1)CC(C(C)CC(=O)O)(C3)C2. The van der Waals surface area contributed by atoms with Crippen LogP contribution in [0.2, 0.25) is 0 Å². The quantitative estimate of drug-likeness (QED) is 0.815. The molecule has 2 nitrogen and oxygen atoms in total. The minimum absolute atomic E-state index is 0.367. The zero-order valence-electron chi connectivity index (χ0n) is 11.7. The van der Waals surface area contributed by atoms with Gasteiger partial charge in [-0.2, -0.15) is 0 Å². The lowest BCUT2D eigenvalue weighted by Gasteiger charge is -2.64. The summed E-state index contributed by atoms with van der Waals surface area (Å²) in [5, 5.41) is 9.11. The van der Waals surface area contributed by atoms with E-state index in [-0.39, 0.29) is 0 Å². The van der Waals surface area contributed by atoms with E-state index in [0.717, 1.165) is 11.8 Å². The van der Waals surface area contributed by atoms with Gasteiger partial charge in [-0.25, -0.2) is 0 Å². The van der Waals surface area contributed by atoms with E-state index < -0.39 is 5.97 Å². The monoisotopic (exact) mass is 250 g/mol. The van der Waals surface area contributed by atoms with E-state index in [4.69, 9.17) is 5.11 Å². The van der Waals surface area contributed by atoms with Crippen molar-refractivity contribution < 1.29 is 9.90 Å². The average molecular weight is 250 g/mol. The molecule has 1 N–H and O–H groups in total. The van der Waals surface area contributed by atoms with Gasteiger partial charge >= 0.3 is 5.97 Å². The molecule has 18 heavy (non-hydrogen) atoms. The lowest BCUT2D eigenvalue weighted by Crippen LogP contribution is -2.54. The van der Waals surface area contributed by atoms with Crippen molar-refractivity contribution in [2.24, 2.45) is 28.6 Å². The molecule has 4 aliphatic rings. The number of hydrogen-bond donors (Lipinski definition) is 1. The van der Waals surface area contributed by atoms with Gasteiger partial charge in [0.1, 0.15) is 0 Å². The predicted octanol–water partition coefficient (Wildman–Crippen LogP) is 4.09. The van der Waals surface area contributed by atoms with Crippen LogP contribution in [0.3, 0.4) is 0 Å². The second kappa shape index (κ2) is 3.98. The molecule has 4 saturated carbocycles. The topological polar surface area (TPSA) is 37.3 Å². The van der Waals surface area contributed by atoms with Gasteiger partial charge in [-0.05, 0) is 67.1 Å². The van der Waals surface area contributed by atoms with Gasteiger partial charge in [-0.15, -0.1) is 0 Å². The van der Waals surface area contributed by atoms with Gasteiger partial charge in [0.25, 0.3) is 0 Å². The smallest absolute Gasteiger partial charge is 0.303 e. The Balaban J connectivity index is 1.86. The highest BCUT2D eigenvalue weighted by Gasteiger charge is 2.58. The van der Waals surface area contributed by atoms with Crippen molar-refractivity contribution in [2.75, 3.05) is 0 Å². The van der Waals surface area contributed by atoms with E-state index in [1.807, 2.05) is 0 Å². The van der Waals surface area contributed by atoms with Gasteiger partial charge < -0.3 is 5.11 Å². The highest BCUT2D eigenvalue weighted by Crippen LogP contribution is 2.68. The van der Waals surface area contributed by atoms with Gasteiger partial charge in [0.05, 0.1) is 0 Å². The summed E-state index contributed by atoms with van der Waals surface area (Å²) in [5.74, 6) is 1.57. The minimum atomic E-state index is -0.608. The molecule has 0 amide bonds. The summed E-state index contributed by atoms with van der Waals surface area (Å²) in [5.41, 5.74) is 0.954. The van der Waals surface area contributed by atoms with Crippen LogP contribution in [0.5, 0.6) is 0 Å². The van der Waals surface area contributed by atoms with Crippen molar-refractivity contribution >= 4 is 5.97 Å². The van der Waals surface area contributed by atoms with Crippen LogP contribution in [0, 0.1) is 28.6 Å². The number of carbonyl (C=O) groups is 1. The molecule has 4 aliphatic carbocycles. The number of carboxylic acids is 1. The lowest BCUT2D eigenvalue weighted by atomic mass is 9.41. The Kier molecular flexibility index (Phi) is 2.76. The van der Waals surface area contributed by atoms with Crippen molar-refractivity contribution in [3.8, 4) is 0 Å². The standard InChI is InChI=1S/C16H26O2/c1-3-15-6-12-5-13(7-15)9-16(8-12,10-15)11(2)4-14(17)18/h11-13H,3-10H2,1-2H3,(H,17,18). The van der Waals surface area contributed by atoms with Crippen LogP contribution >= 0.6 is 0 Å². The maximum absolute atomic E-state index is 11.1. The van der Waals surface area contributed by atoms with Gasteiger partial charge in [-0.1, -0.05) is 20.3 Å². The fraction of sp³-hybridized carbons (Fsp3) is 0.938. The van der Waals surface area contributed by atoms with E-state index in [9.17, 15) is 4.79 Å². The predicted molar refractivity (Wildman–Crippen MR) is 71.3 cm³/mol. The van der Waals surface area contributed by atoms with Crippen molar-refractivity contribution in [1.82, 2.24) is 0 Å². The zero-order valence-corrected chi connectivity index (χ0v) is 11.7. The molecular weight excluding hydrogens is 224 g/mol. The summed E-state index contributed by atoms with van der Waals surface area (Å²) >= 11 is 0. The minimum Gasteiger partial charge on any atom is -0.481 e. The molecule has 4 fully saturated rings. The van der Waals surface area contributed by atoms with Crippen LogP contribution in [0.15, 0.2) is 0 Å². The number of carboxylic acid groups (broad SMARTS) is 1. The first-order valence-corrected chi connectivity index (χ1v) is 7.69. The van der Waals surface area contributed by atoms with Crippen LogP contribution in [-0.4, -0.2) is 11.1 Å². The molecule has 0 aliphatic heterocycles. The normalized spacial score (nSPS) is 47.2. The Morgan fingerprint density at radius 2 is 1.89 bits per heavy atom. The van der Waals surface area contributed by atoms with Crippen LogP contribution in [0.1, 0.15) is 65.2 Å². The van der Waals surface area contributed by atoms with Gasteiger partial charge in [0.15, 0.2) is 0 Å². The largest absolute Gasteiger partial charge is 0.481 e. The van der Waals surface area contributed by atoms with Crippen LogP contribution < -0.4 is 0 Å². The fourth-order valence-electron chi connectivity index (χ4n) is 5.99. The molecular formula is C16H26O2. The Bertz CT molecular complexity index is 346. The molecule has 2 heteroatoms. The summed E-state index contributed by atoms with van der Waals surface area (Å²) in [7, 11) is 0. The maximum atomic E-state index is 11.1. The number of rotatable bonds is 4. The van der Waals surface area contributed by atoms with Gasteiger partial charge in [0.2, 0.25) is 0 Å². The zero-order chi connectivity index (χ0) is 13.0. The first kappa shape index (κ1) is 12.5. The summed E-state index contributed by atoms with van der Waals surface area (Å²) in [6.45, 7) is 4.55. The number of hydrogen-bond acceptors (Lipinski definition) is 1. The number of aliphatic carboxylic acids is 1. The van der Waals surface area contributed by atoms with Crippen molar-refractivity contribution in [3.63, 3.8) is 0 Å². The van der Waals surface area contributed by atoms with E-state index in [2.05, 4.69) is 13.8 Å². The molecule has 0 aromatic heterocycles. The Hall–Kier alpha value is -0.530. The maximum Gasteiger partial charge on any atom is 0.303 e. The Labute approximate surface area is 110 Å². The lowest BCUT2D eigenvalue weighted by molar-refractivity contribution is -0.152. The molecule has 0 aromatic carbocycles. The van der Waals surface area contributed by atoms with E-state index in [0.29, 0.717) is 23.2 Å². The summed E-state index contributed by atoms with van der Waals surface area (Å²) in [6.07, 6.45) is 9.94. The van der Waals surface area contributed by atoms with Crippen LogP contribution in [0.4, 0.5) is 0 Å². The summed E-state index contributed by atoms with van der Waals surface area (Å²) in [6, 6.07) is 0. The average Bonchev–Trinajstić information content (AvgIpc) is 2.26. The third kappa shape index (κ3) is 1.80. The van der Waals surface area contributed by atoms with E-state index >= 15 is 0 Å². The van der Waals surface area contributed by atoms with Crippen LogP contribution in [0.25, 0.3) is 0 Å². The molecule has 0 heterocycles. The van der Waals surface area contributed by atoms with Crippen molar-refractivity contribution in [3.05, 3.63) is 0 Å². The van der Waals surface area contributed by atoms with Crippen LogP contribution in [-0.2, 0) is 4.79 Å². The molecule has 0 aromatic rings. The fourth-order valence-corrected chi connectivity index (χ4v) is 5.99. The molecule has 4 bridgehead atoms. The molecule has 3 atom stereocenters. The molecule has 0 spiro atoms. The second-order valence-corrected chi connectivity index (χ2v) is 7.68. The molecule has 3 unspecified atom stereocenters. The third-order valence-corrected chi connectivity index (χ3v) is 6.50. The summed E-state index contributed by atoms with van der Waals surface area (Å²) < 4.78 is 0. The second-order valence-electron chi connectivity index (χ2n) is 7.68. The third-order valence-electron chi connectivity index (χ3n) is 6.50. The van der Waals surface area contributed by atoms with Gasteiger partial charge in [0, 0.05) is 6.42 Å². The first-order valence-electron chi connectivity index (χ1n) is 7.69.